The van der Waals surface area contributed by atoms with Gasteiger partial charge in [0.1, 0.15) is 6.33 Å². The summed E-state index contributed by atoms with van der Waals surface area (Å²) in [6.07, 6.45) is 1.66. The van der Waals surface area contributed by atoms with Crippen molar-refractivity contribution in [3.63, 3.8) is 0 Å². The molecule has 1 aromatic heterocycles. The van der Waals surface area contributed by atoms with Crippen LogP contribution in [0.3, 0.4) is 0 Å². The van der Waals surface area contributed by atoms with Crippen molar-refractivity contribution < 1.29 is 0 Å². The highest BCUT2D eigenvalue weighted by Gasteiger charge is 2.09. The van der Waals surface area contributed by atoms with Gasteiger partial charge in [0.2, 0.25) is 0 Å². The predicted molar refractivity (Wildman–Crippen MR) is 69.2 cm³/mol. The van der Waals surface area contributed by atoms with E-state index in [1.165, 1.54) is 11.8 Å². The molecule has 0 unspecified atom stereocenters. The maximum atomic E-state index is 6.21. The minimum Gasteiger partial charge on any atom is -0.324 e. The smallest absolute Gasteiger partial charge is 0.195 e. The van der Waals surface area contributed by atoms with Crippen molar-refractivity contribution in [2.75, 3.05) is 0 Å². The van der Waals surface area contributed by atoms with Crippen LogP contribution in [0.4, 0.5) is 0 Å². The second-order valence-corrected chi connectivity index (χ2v) is 5.22. The summed E-state index contributed by atoms with van der Waals surface area (Å²) in [7, 11) is 1.90. The molecule has 1 atom stereocenters. The summed E-state index contributed by atoms with van der Waals surface area (Å²) >= 11 is 7.69. The van der Waals surface area contributed by atoms with Crippen LogP contribution in [0.2, 0.25) is 5.02 Å². The summed E-state index contributed by atoms with van der Waals surface area (Å²) in [5, 5.41) is 9.32. The number of aryl methyl sites for hydroxylation is 1. The number of benzene rings is 1. The van der Waals surface area contributed by atoms with Crippen LogP contribution in [-0.4, -0.2) is 14.8 Å². The van der Waals surface area contributed by atoms with Crippen LogP contribution in [0.25, 0.3) is 0 Å². The van der Waals surface area contributed by atoms with Crippen molar-refractivity contribution in [1.82, 2.24) is 14.8 Å². The molecule has 4 nitrogen and oxygen atoms in total. The van der Waals surface area contributed by atoms with Crippen LogP contribution in [0.15, 0.2) is 34.6 Å². The fourth-order valence-electron chi connectivity index (χ4n) is 1.35. The van der Waals surface area contributed by atoms with Gasteiger partial charge in [-0.2, -0.15) is 0 Å². The normalized spacial score (nSPS) is 12.7. The Morgan fingerprint density at radius 2 is 2.24 bits per heavy atom. The van der Waals surface area contributed by atoms with E-state index < -0.39 is 0 Å². The molecule has 0 aliphatic heterocycles. The first-order valence-corrected chi connectivity index (χ1v) is 6.34. The Balaban J connectivity index is 2.26. The fraction of sp³-hybridized carbons (Fsp3) is 0.273. The number of nitrogens with zero attached hydrogens (tertiary/aromatic N) is 3. The van der Waals surface area contributed by atoms with Gasteiger partial charge in [0, 0.05) is 18.0 Å². The van der Waals surface area contributed by atoms with Gasteiger partial charge >= 0.3 is 0 Å². The number of rotatable bonds is 3. The molecule has 0 fully saturated rings. The number of hydrogen-bond donors (Lipinski definition) is 1. The first-order chi connectivity index (χ1) is 8.08. The van der Waals surface area contributed by atoms with E-state index in [-0.39, 0.29) is 6.04 Å². The van der Waals surface area contributed by atoms with Crippen molar-refractivity contribution in [3.8, 4) is 0 Å². The van der Waals surface area contributed by atoms with Crippen LogP contribution < -0.4 is 5.73 Å². The molecule has 0 radical (unpaired) electrons. The molecular formula is C11H13ClN4S. The Kier molecular flexibility index (Phi) is 3.71. The Labute approximate surface area is 109 Å². The van der Waals surface area contributed by atoms with Gasteiger partial charge in [-0.05, 0) is 36.4 Å². The quantitative estimate of drug-likeness (QED) is 0.930. The van der Waals surface area contributed by atoms with Gasteiger partial charge in [-0.1, -0.05) is 17.7 Å². The molecule has 6 heteroatoms. The summed E-state index contributed by atoms with van der Waals surface area (Å²) in [4.78, 5) is 0.951. The number of nitrogens with two attached hydrogens (primary N) is 1. The largest absolute Gasteiger partial charge is 0.324 e. The topological polar surface area (TPSA) is 56.7 Å². The van der Waals surface area contributed by atoms with E-state index >= 15 is 0 Å². The van der Waals surface area contributed by atoms with Gasteiger partial charge in [0.25, 0.3) is 0 Å². The monoisotopic (exact) mass is 268 g/mol. The third-order valence-corrected chi connectivity index (χ3v) is 3.91. The fourth-order valence-corrected chi connectivity index (χ4v) is 2.42. The Morgan fingerprint density at radius 3 is 2.76 bits per heavy atom. The van der Waals surface area contributed by atoms with E-state index in [0.717, 1.165) is 15.6 Å². The minimum atomic E-state index is -0.0126. The first-order valence-electron chi connectivity index (χ1n) is 5.15. The van der Waals surface area contributed by atoms with Crippen LogP contribution >= 0.6 is 23.4 Å². The summed E-state index contributed by atoms with van der Waals surface area (Å²) in [6, 6.07) is 5.82. The summed E-state index contributed by atoms with van der Waals surface area (Å²) in [6.45, 7) is 1.93. The minimum absolute atomic E-state index is 0.0126. The van der Waals surface area contributed by atoms with E-state index in [9.17, 15) is 0 Å². The molecule has 1 aromatic carbocycles. The molecule has 0 aliphatic carbocycles. The highest BCUT2D eigenvalue weighted by Crippen LogP contribution is 2.33. The number of hydrogen-bond acceptors (Lipinski definition) is 4. The zero-order valence-corrected chi connectivity index (χ0v) is 11.2. The lowest BCUT2D eigenvalue weighted by atomic mass is 10.1. The maximum absolute atomic E-state index is 6.21. The molecule has 0 spiro atoms. The molecule has 90 valence electrons. The van der Waals surface area contributed by atoms with Gasteiger partial charge in [0.15, 0.2) is 5.16 Å². The van der Waals surface area contributed by atoms with Crippen molar-refractivity contribution in [1.29, 1.82) is 0 Å². The molecule has 17 heavy (non-hydrogen) atoms. The summed E-state index contributed by atoms with van der Waals surface area (Å²) in [5.74, 6) is 0. The van der Waals surface area contributed by atoms with Crippen molar-refractivity contribution in [2.45, 2.75) is 23.0 Å². The number of aromatic nitrogens is 3. The second-order valence-electron chi connectivity index (χ2n) is 3.81. The lowest BCUT2D eigenvalue weighted by Crippen LogP contribution is -2.04. The lowest BCUT2D eigenvalue weighted by Gasteiger charge is -2.08. The maximum Gasteiger partial charge on any atom is 0.195 e. The lowest BCUT2D eigenvalue weighted by molar-refractivity contribution is 0.788. The van der Waals surface area contributed by atoms with Crippen LogP contribution in [0.5, 0.6) is 0 Å². The number of halogens is 1. The highest BCUT2D eigenvalue weighted by atomic mass is 35.5. The van der Waals surface area contributed by atoms with Crippen molar-refractivity contribution in [2.24, 2.45) is 12.8 Å². The van der Waals surface area contributed by atoms with E-state index in [4.69, 9.17) is 17.3 Å². The average molecular weight is 269 g/mol. The van der Waals surface area contributed by atoms with E-state index in [1.807, 2.05) is 36.7 Å². The average Bonchev–Trinajstić information content (AvgIpc) is 2.67. The Hall–Kier alpha value is -1.04. The first kappa shape index (κ1) is 12.4. The van der Waals surface area contributed by atoms with Gasteiger partial charge in [-0.3, -0.25) is 0 Å². The molecular weight excluding hydrogens is 256 g/mol. The van der Waals surface area contributed by atoms with Crippen LogP contribution in [0.1, 0.15) is 18.5 Å². The van der Waals surface area contributed by atoms with Gasteiger partial charge in [-0.25, -0.2) is 0 Å². The Bertz CT molecular complexity index is 524. The van der Waals surface area contributed by atoms with Gasteiger partial charge < -0.3 is 10.3 Å². The summed E-state index contributed by atoms with van der Waals surface area (Å²) in [5.41, 5.74) is 6.83. The van der Waals surface area contributed by atoms with Crippen molar-refractivity contribution >= 4 is 23.4 Å². The zero-order valence-electron chi connectivity index (χ0n) is 9.59. The molecule has 2 aromatic rings. The molecule has 1 heterocycles. The predicted octanol–water partition coefficient (Wildman–Crippen LogP) is 2.64. The highest BCUT2D eigenvalue weighted by molar-refractivity contribution is 7.99. The third kappa shape index (κ3) is 2.80. The standard InChI is InChI=1S/C11H13ClN4S/c1-7(13)8-3-4-10(9(12)5-8)17-11-15-14-6-16(11)2/h3-7H,13H2,1-2H3/t7-/m0/s1. The van der Waals surface area contributed by atoms with Gasteiger partial charge in [-0.15, -0.1) is 10.2 Å². The zero-order chi connectivity index (χ0) is 12.4. The van der Waals surface area contributed by atoms with E-state index in [2.05, 4.69) is 10.2 Å². The molecule has 0 aliphatic rings. The van der Waals surface area contributed by atoms with Gasteiger partial charge in [0.05, 0.1) is 5.02 Å². The van der Waals surface area contributed by atoms with E-state index in [1.54, 1.807) is 6.33 Å². The molecule has 0 saturated heterocycles. The second kappa shape index (κ2) is 5.08. The van der Waals surface area contributed by atoms with Crippen molar-refractivity contribution in [3.05, 3.63) is 35.1 Å². The third-order valence-electron chi connectivity index (χ3n) is 2.35. The Morgan fingerprint density at radius 1 is 1.47 bits per heavy atom. The molecule has 0 bridgehead atoms. The molecule has 2 rings (SSSR count). The molecule has 2 N–H and O–H groups in total. The molecule has 0 saturated carbocycles. The summed E-state index contributed by atoms with van der Waals surface area (Å²) < 4.78 is 1.85. The molecule has 0 amide bonds. The SMILES string of the molecule is C[C@H](N)c1ccc(Sc2nncn2C)c(Cl)c1. The van der Waals surface area contributed by atoms with E-state index in [0.29, 0.717) is 5.02 Å². The van der Waals surface area contributed by atoms with Crippen LogP contribution in [-0.2, 0) is 7.05 Å². The van der Waals surface area contributed by atoms with Crippen LogP contribution in [0, 0.1) is 0 Å².